The standard InChI is InChI=1S/C15H20N2O4/c1-9(7-13(18)19)16-14(20)11-8-10-5-3-2-4-6-12(10)17-15(11)21/h8-9H,2-7H2,1H3,(H,16,20)(H,17,21)(H,18,19). The Kier molecular flexibility index (Phi) is 4.77. The Morgan fingerprint density at radius 3 is 2.76 bits per heavy atom. The number of amides is 1. The van der Waals surface area contributed by atoms with Crippen molar-refractivity contribution in [1.82, 2.24) is 10.3 Å². The number of carboxylic acids is 1. The lowest BCUT2D eigenvalue weighted by atomic mass is 10.1. The Hall–Kier alpha value is -2.11. The van der Waals surface area contributed by atoms with Crippen LogP contribution in [0.4, 0.5) is 0 Å². The fraction of sp³-hybridized carbons (Fsp3) is 0.533. The van der Waals surface area contributed by atoms with Crippen LogP contribution in [-0.2, 0) is 17.6 Å². The quantitative estimate of drug-likeness (QED) is 0.727. The van der Waals surface area contributed by atoms with Crippen molar-refractivity contribution in [3.63, 3.8) is 0 Å². The number of aliphatic carboxylic acids is 1. The van der Waals surface area contributed by atoms with Crippen LogP contribution in [-0.4, -0.2) is 28.0 Å². The summed E-state index contributed by atoms with van der Waals surface area (Å²) in [6, 6.07) is 1.13. The number of aromatic nitrogens is 1. The number of H-pyrrole nitrogens is 1. The van der Waals surface area contributed by atoms with Gasteiger partial charge in [-0.3, -0.25) is 14.4 Å². The molecule has 0 radical (unpaired) electrons. The van der Waals surface area contributed by atoms with E-state index < -0.39 is 23.5 Å². The molecule has 1 aromatic rings. The molecule has 0 bridgehead atoms. The van der Waals surface area contributed by atoms with E-state index >= 15 is 0 Å². The Morgan fingerprint density at radius 2 is 2.05 bits per heavy atom. The van der Waals surface area contributed by atoms with Crippen molar-refractivity contribution in [2.24, 2.45) is 0 Å². The molecule has 1 atom stereocenters. The fourth-order valence-electron chi connectivity index (χ4n) is 2.63. The van der Waals surface area contributed by atoms with E-state index in [-0.39, 0.29) is 12.0 Å². The molecule has 1 amide bonds. The highest BCUT2D eigenvalue weighted by atomic mass is 16.4. The second kappa shape index (κ2) is 6.56. The number of nitrogens with one attached hydrogen (secondary N) is 2. The minimum atomic E-state index is -0.987. The molecule has 3 N–H and O–H groups in total. The lowest BCUT2D eigenvalue weighted by Gasteiger charge is -2.12. The molecule has 21 heavy (non-hydrogen) atoms. The number of carboxylic acid groups (broad SMARTS) is 1. The number of hydrogen-bond donors (Lipinski definition) is 3. The van der Waals surface area contributed by atoms with E-state index in [1.54, 1.807) is 13.0 Å². The van der Waals surface area contributed by atoms with Crippen LogP contribution < -0.4 is 10.9 Å². The highest BCUT2D eigenvalue weighted by molar-refractivity contribution is 5.94. The molecule has 0 saturated carbocycles. The molecule has 0 aromatic carbocycles. The lowest BCUT2D eigenvalue weighted by molar-refractivity contribution is -0.137. The first kappa shape index (κ1) is 15.3. The smallest absolute Gasteiger partial charge is 0.305 e. The monoisotopic (exact) mass is 292 g/mol. The predicted molar refractivity (Wildman–Crippen MR) is 77.5 cm³/mol. The molecule has 2 rings (SSSR count). The highest BCUT2D eigenvalue weighted by Crippen LogP contribution is 2.18. The van der Waals surface area contributed by atoms with Crippen LogP contribution in [0.25, 0.3) is 0 Å². The third-order valence-corrected chi connectivity index (χ3v) is 3.69. The molecule has 1 aliphatic rings. The van der Waals surface area contributed by atoms with Crippen molar-refractivity contribution >= 4 is 11.9 Å². The van der Waals surface area contributed by atoms with E-state index in [2.05, 4.69) is 10.3 Å². The summed E-state index contributed by atoms with van der Waals surface area (Å²) in [6.07, 6.45) is 4.74. The normalized spacial score (nSPS) is 15.7. The molecule has 114 valence electrons. The van der Waals surface area contributed by atoms with Gasteiger partial charge in [-0.1, -0.05) is 6.42 Å². The van der Waals surface area contributed by atoms with Crippen molar-refractivity contribution in [1.29, 1.82) is 0 Å². The second-order valence-corrected chi connectivity index (χ2v) is 5.55. The predicted octanol–water partition coefficient (Wildman–Crippen LogP) is 1.24. The summed E-state index contributed by atoms with van der Waals surface area (Å²) < 4.78 is 0. The van der Waals surface area contributed by atoms with Crippen molar-refractivity contribution in [3.05, 3.63) is 33.2 Å². The Balaban J connectivity index is 2.19. The van der Waals surface area contributed by atoms with Crippen LogP contribution in [0, 0.1) is 0 Å². The summed E-state index contributed by atoms with van der Waals surface area (Å²) in [5, 5.41) is 11.2. The molecule has 0 aliphatic heterocycles. The summed E-state index contributed by atoms with van der Waals surface area (Å²) in [6.45, 7) is 1.60. The van der Waals surface area contributed by atoms with E-state index in [0.29, 0.717) is 0 Å². The molecular formula is C15H20N2O4. The first-order valence-corrected chi connectivity index (χ1v) is 7.25. The third-order valence-electron chi connectivity index (χ3n) is 3.69. The van der Waals surface area contributed by atoms with E-state index in [1.807, 2.05) is 0 Å². The number of pyridine rings is 1. The average Bonchev–Trinajstić information content (AvgIpc) is 2.61. The molecule has 1 heterocycles. The van der Waals surface area contributed by atoms with Gasteiger partial charge in [0.15, 0.2) is 0 Å². The largest absolute Gasteiger partial charge is 0.481 e. The number of fused-ring (bicyclic) bond motifs is 1. The maximum absolute atomic E-state index is 12.1. The average molecular weight is 292 g/mol. The van der Waals surface area contributed by atoms with Crippen molar-refractivity contribution in [2.45, 2.75) is 51.5 Å². The van der Waals surface area contributed by atoms with Gasteiger partial charge in [-0.2, -0.15) is 0 Å². The van der Waals surface area contributed by atoms with Gasteiger partial charge < -0.3 is 15.4 Å². The summed E-state index contributed by atoms with van der Waals surface area (Å²) in [5.41, 5.74) is 1.60. The van der Waals surface area contributed by atoms with Gasteiger partial charge in [0, 0.05) is 11.7 Å². The van der Waals surface area contributed by atoms with Gasteiger partial charge in [0.25, 0.3) is 11.5 Å². The molecule has 1 unspecified atom stereocenters. The Morgan fingerprint density at radius 1 is 1.33 bits per heavy atom. The summed E-state index contributed by atoms with van der Waals surface area (Å²) >= 11 is 0. The molecule has 6 heteroatoms. The third kappa shape index (κ3) is 3.93. The van der Waals surface area contributed by atoms with Gasteiger partial charge >= 0.3 is 5.97 Å². The van der Waals surface area contributed by atoms with E-state index in [1.165, 1.54) is 0 Å². The zero-order chi connectivity index (χ0) is 15.4. The van der Waals surface area contributed by atoms with Crippen LogP contribution >= 0.6 is 0 Å². The second-order valence-electron chi connectivity index (χ2n) is 5.55. The van der Waals surface area contributed by atoms with Crippen LogP contribution in [0.3, 0.4) is 0 Å². The zero-order valence-corrected chi connectivity index (χ0v) is 12.1. The zero-order valence-electron chi connectivity index (χ0n) is 12.1. The Bertz CT molecular complexity index is 606. The number of rotatable bonds is 4. The van der Waals surface area contributed by atoms with Gasteiger partial charge in [-0.05, 0) is 44.2 Å². The van der Waals surface area contributed by atoms with E-state index in [9.17, 15) is 14.4 Å². The van der Waals surface area contributed by atoms with Crippen molar-refractivity contribution in [2.75, 3.05) is 0 Å². The van der Waals surface area contributed by atoms with Gasteiger partial charge in [0.2, 0.25) is 0 Å². The summed E-state index contributed by atoms with van der Waals surface area (Å²) in [5.74, 6) is -1.50. The summed E-state index contributed by atoms with van der Waals surface area (Å²) in [4.78, 5) is 37.5. The van der Waals surface area contributed by atoms with Crippen LogP contribution in [0.2, 0.25) is 0 Å². The molecule has 0 fully saturated rings. The van der Waals surface area contributed by atoms with Gasteiger partial charge in [0.05, 0.1) is 6.42 Å². The first-order chi connectivity index (χ1) is 9.97. The first-order valence-electron chi connectivity index (χ1n) is 7.25. The Labute approximate surface area is 122 Å². The SMILES string of the molecule is CC(CC(=O)O)NC(=O)c1cc2c([nH]c1=O)CCCCC2. The topological polar surface area (TPSA) is 99.3 Å². The minimum Gasteiger partial charge on any atom is -0.481 e. The number of aromatic amines is 1. The molecule has 1 aromatic heterocycles. The molecule has 6 nitrogen and oxygen atoms in total. The number of hydrogen-bond acceptors (Lipinski definition) is 3. The van der Waals surface area contributed by atoms with Crippen molar-refractivity contribution in [3.8, 4) is 0 Å². The summed E-state index contributed by atoms with van der Waals surface area (Å²) in [7, 11) is 0. The van der Waals surface area contributed by atoms with Gasteiger partial charge in [-0.15, -0.1) is 0 Å². The van der Waals surface area contributed by atoms with Crippen molar-refractivity contribution < 1.29 is 14.7 Å². The maximum Gasteiger partial charge on any atom is 0.305 e. The highest BCUT2D eigenvalue weighted by Gasteiger charge is 2.18. The van der Waals surface area contributed by atoms with Crippen LogP contribution in [0.1, 0.15) is 54.2 Å². The maximum atomic E-state index is 12.1. The molecule has 0 saturated heterocycles. The van der Waals surface area contributed by atoms with E-state index in [4.69, 9.17) is 5.11 Å². The lowest BCUT2D eigenvalue weighted by Crippen LogP contribution is -2.37. The van der Waals surface area contributed by atoms with Gasteiger partial charge in [-0.25, -0.2) is 0 Å². The van der Waals surface area contributed by atoms with Crippen LogP contribution in [0.5, 0.6) is 0 Å². The van der Waals surface area contributed by atoms with Gasteiger partial charge in [0.1, 0.15) is 5.56 Å². The fourth-order valence-corrected chi connectivity index (χ4v) is 2.63. The molecule has 1 aliphatic carbocycles. The molecule has 0 spiro atoms. The van der Waals surface area contributed by atoms with E-state index in [0.717, 1.165) is 43.4 Å². The van der Waals surface area contributed by atoms with Crippen LogP contribution in [0.15, 0.2) is 10.9 Å². The minimum absolute atomic E-state index is 0.0629. The number of aryl methyl sites for hydroxylation is 2. The number of carbonyl (C=O) groups excluding carboxylic acids is 1. The molecular weight excluding hydrogens is 272 g/mol. The number of carbonyl (C=O) groups is 2.